The minimum absolute atomic E-state index is 0.0966. The lowest BCUT2D eigenvalue weighted by atomic mass is 9.91. The lowest BCUT2D eigenvalue weighted by molar-refractivity contribution is -0.124. The van der Waals surface area contributed by atoms with E-state index in [1.807, 2.05) is 0 Å². The van der Waals surface area contributed by atoms with Gasteiger partial charge in [-0.2, -0.15) is 10.2 Å². The summed E-state index contributed by atoms with van der Waals surface area (Å²) in [6, 6.07) is 0.168. The Kier molecular flexibility index (Phi) is 5.89. The van der Waals surface area contributed by atoms with Crippen molar-refractivity contribution in [3.05, 3.63) is 0 Å². The number of carbonyl (C=O) groups is 1. The first-order valence-electron chi connectivity index (χ1n) is 9.53. The summed E-state index contributed by atoms with van der Waals surface area (Å²) in [5.74, 6) is 2.72. The Labute approximate surface area is 145 Å². The van der Waals surface area contributed by atoms with Crippen LogP contribution in [0.4, 0.5) is 0 Å². The molecule has 2 atom stereocenters. The number of terminal acetylenes is 1. The van der Waals surface area contributed by atoms with Crippen LogP contribution < -0.4 is 5.32 Å². The summed E-state index contributed by atoms with van der Waals surface area (Å²) < 4.78 is 6.30. The third-order valence-corrected chi connectivity index (χ3v) is 5.52. The van der Waals surface area contributed by atoms with E-state index >= 15 is 0 Å². The van der Waals surface area contributed by atoms with Crippen LogP contribution in [0.25, 0.3) is 0 Å². The van der Waals surface area contributed by atoms with Crippen molar-refractivity contribution >= 4 is 5.91 Å². The van der Waals surface area contributed by atoms with Gasteiger partial charge in [0.1, 0.15) is 0 Å². The molecule has 0 unspecified atom stereocenters. The molecule has 0 spiro atoms. The highest BCUT2D eigenvalue weighted by molar-refractivity contribution is 5.76. The van der Waals surface area contributed by atoms with Gasteiger partial charge in [-0.3, -0.25) is 4.79 Å². The Morgan fingerprint density at radius 2 is 1.83 bits per heavy atom. The van der Waals surface area contributed by atoms with Crippen molar-refractivity contribution in [3.8, 4) is 12.3 Å². The van der Waals surface area contributed by atoms with Crippen LogP contribution in [-0.4, -0.2) is 29.8 Å². The molecule has 3 aliphatic rings. The minimum atomic E-state index is -0.365. The molecule has 2 aliphatic carbocycles. The van der Waals surface area contributed by atoms with Crippen LogP contribution >= 0.6 is 0 Å². The zero-order valence-electron chi connectivity index (χ0n) is 14.5. The summed E-state index contributed by atoms with van der Waals surface area (Å²) in [6.45, 7) is 0. The number of hydrogen-bond donors (Lipinski definition) is 1. The van der Waals surface area contributed by atoms with Gasteiger partial charge in [0.05, 0.1) is 18.2 Å². The number of rotatable bonds is 8. The van der Waals surface area contributed by atoms with Crippen molar-refractivity contribution in [2.24, 2.45) is 10.2 Å². The Morgan fingerprint density at radius 3 is 2.54 bits per heavy atom. The predicted octanol–water partition coefficient (Wildman–Crippen LogP) is 3.73. The zero-order valence-corrected chi connectivity index (χ0v) is 14.5. The average molecular weight is 331 g/mol. The Balaban J connectivity index is 1.42. The molecule has 132 valence electrons. The van der Waals surface area contributed by atoms with Gasteiger partial charge in [0, 0.05) is 25.7 Å². The first-order chi connectivity index (χ1) is 11.7. The van der Waals surface area contributed by atoms with Crippen molar-refractivity contribution in [2.75, 3.05) is 0 Å². The molecule has 5 heteroatoms. The molecule has 0 saturated heterocycles. The van der Waals surface area contributed by atoms with Gasteiger partial charge in [-0.25, -0.2) is 0 Å². The number of amides is 1. The largest absolute Gasteiger partial charge is 0.373 e. The van der Waals surface area contributed by atoms with E-state index in [2.05, 4.69) is 21.5 Å². The monoisotopic (exact) mass is 331 g/mol. The summed E-state index contributed by atoms with van der Waals surface area (Å²) in [5.41, 5.74) is -0.365. The van der Waals surface area contributed by atoms with Gasteiger partial charge in [-0.05, 0) is 25.7 Å². The number of hydrogen-bond acceptors (Lipinski definition) is 4. The number of ether oxygens (including phenoxy) is 1. The molecule has 1 aliphatic heterocycles. The van der Waals surface area contributed by atoms with E-state index in [-0.39, 0.29) is 23.7 Å². The van der Waals surface area contributed by atoms with Gasteiger partial charge in [0.15, 0.2) is 5.66 Å². The third-order valence-electron chi connectivity index (χ3n) is 5.52. The van der Waals surface area contributed by atoms with Crippen molar-refractivity contribution in [1.29, 1.82) is 0 Å². The van der Waals surface area contributed by atoms with E-state index < -0.39 is 0 Å². The van der Waals surface area contributed by atoms with Gasteiger partial charge in [-0.1, -0.05) is 25.7 Å². The molecule has 1 heterocycles. The first-order valence-corrected chi connectivity index (χ1v) is 9.53. The van der Waals surface area contributed by atoms with Crippen molar-refractivity contribution in [3.63, 3.8) is 0 Å². The van der Waals surface area contributed by atoms with Crippen molar-refractivity contribution in [1.82, 2.24) is 5.32 Å². The van der Waals surface area contributed by atoms with Crippen LogP contribution in [0.3, 0.4) is 0 Å². The lowest BCUT2D eigenvalue weighted by Crippen LogP contribution is -2.47. The molecule has 0 aromatic carbocycles. The van der Waals surface area contributed by atoms with E-state index in [1.54, 1.807) is 0 Å². The lowest BCUT2D eigenvalue weighted by Gasteiger charge is -2.34. The SMILES string of the molecule is C#CCCC1(CCC(=O)N[C@@H]2CCCC[C@H]2OC2CCCC2)N=N1. The predicted molar refractivity (Wildman–Crippen MR) is 92.4 cm³/mol. The van der Waals surface area contributed by atoms with Crippen LogP contribution in [0.1, 0.15) is 77.0 Å². The molecule has 5 nitrogen and oxygen atoms in total. The molecular weight excluding hydrogens is 302 g/mol. The highest BCUT2D eigenvalue weighted by Gasteiger charge is 2.39. The van der Waals surface area contributed by atoms with Crippen LogP contribution in [0.15, 0.2) is 10.2 Å². The standard InChI is InChI=1S/C19H29N3O2/c1-2-3-13-19(21-22-19)14-12-18(23)20-16-10-6-7-11-17(16)24-15-8-4-5-9-15/h1,15-17H,3-14H2,(H,20,23)/t16-,17-/m1/s1. The second-order valence-electron chi connectivity index (χ2n) is 7.43. The molecule has 0 aromatic rings. The first kappa shape index (κ1) is 17.4. The second-order valence-corrected chi connectivity index (χ2v) is 7.43. The van der Waals surface area contributed by atoms with E-state index in [0.717, 1.165) is 19.3 Å². The fraction of sp³-hybridized carbons (Fsp3) is 0.842. The van der Waals surface area contributed by atoms with Crippen LogP contribution in [0.5, 0.6) is 0 Å². The summed E-state index contributed by atoms with van der Waals surface area (Å²) in [7, 11) is 0. The van der Waals surface area contributed by atoms with Gasteiger partial charge < -0.3 is 10.1 Å². The molecule has 24 heavy (non-hydrogen) atoms. The van der Waals surface area contributed by atoms with Gasteiger partial charge in [-0.15, -0.1) is 12.3 Å². The summed E-state index contributed by atoms with van der Waals surface area (Å²) in [5, 5.41) is 11.4. The topological polar surface area (TPSA) is 63.0 Å². The van der Waals surface area contributed by atoms with Crippen molar-refractivity contribution in [2.45, 2.75) is 101 Å². The number of carbonyl (C=O) groups excluding carboxylic acids is 1. The fourth-order valence-corrected chi connectivity index (χ4v) is 3.96. The Bertz CT molecular complexity index is 499. The van der Waals surface area contributed by atoms with Crippen LogP contribution in [0, 0.1) is 12.3 Å². The quantitative estimate of drug-likeness (QED) is 0.689. The normalized spacial score (nSPS) is 28.5. The highest BCUT2D eigenvalue weighted by atomic mass is 16.5. The molecule has 0 radical (unpaired) electrons. The van der Waals surface area contributed by atoms with Crippen molar-refractivity contribution < 1.29 is 9.53 Å². The highest BCUT2D eigenvalue weighted by Crippen LogP contribution is 2.37. The zero-order chi connectivity index (χ0) is 16.8. The Morgan fingerprint density at radius 1 is 1.12 bits per heavy atom. The van der Waals surface area contributed by atoms with E-state index in [1.165, 1.54) is 38.5 Å². The minimum Gasteiger partial charge on any atom is -0.373 e. The van der Waals surface area contributed by atoms with Gasteiger partial charge >= 0.3 is 0 Å². The average Bonchev–Trinajstić information content (AvgIpc) is 3.18. The second kappa shape index (κ2) is 8.11. The van der Waals surface area contributed by atoms with Crippen LogP contribution in [0.2, 0.25) is 0 Å². The van der Waals surface area contributed by atoms with E-state index in [4.69, 9.17) is 11.2 Å². The molecule has 0 bridgehead atoms. The van der Waals surface area contributed by atoms with Gasteiger partial charge in [0.2, 0.25) is 5.91 Å². The van der Waals surface area contributed by atoms with Crippen LogP contribution in [-0.2, 0) is 9.53 Å². The maximum Gasteiger partial charge on any atom is 0.220 e. The number of nitrogens with zero attached hydrogens (tertiary/aromatic N) is 2. The molecular formula is C19H29N3O2. The van der Waals surface area contributed by atoms with E-state index in [9.17, 15) is 4.79 Å². The Hall–Kier alpha value is -1.41. The fourth-order valence-electron chi connectivity index (χ4n) is 3.96. The molecule has 1 amide bonds. The third kappa shape index (κ3) is 4.80. The van der Waals surface area contributed by atoms with E-state index in [0.29, 0.717) is 25.4 Å². The molecule has 2 fully saturated rings. The molecule has 2 saturated carbocycles. The summed E-state index contributed by atoms with van der Waals surface area (Å²) >= 11 is 0. The molecule has 1 N–H and O–H groups in total. The summed E-state index contributed by atoms with van der Waals surface area (Å²) in [6.07, 6.45) is 17.8. The number of nitrogens with one attached hydrogen (secondary N) is 1. The smallest absolute Gasteiger partial charge is 0.220 e. The maximum atomic E-state index is 12.4. The maximum absolute atomic E-state index is 12.4. The van der Waals surface area contributed by atoms with Gasteiger partial charge in [0.25, 0.3) is 0 Å². The molecule has 3 rings (SSSR count). The summed E-state index contributed by atoms with van der Waals surface area (Å²) in [4.78, 5) is 12.4. The molecule has 0 aromatic heterocycles.